The fourth-order valence-corrected chi connectivity index (χ4v) is 3.10. The standard InChI is InChI=1S/C18H24N6O/c1-12(2)24-15-8-6-5-7-14(15)22-16(24)10-20-18(25)17(19-3)13-9-21-23(4)11-13/h5-9,11-12,17,19H,10H2,1-4H3,(H,20,25). The van der Waals surface area contributed by atoms with Crippen molar-refractivity contribution in [3.63, 3.8) is 0 Å². The molecule has 2 heterocycles. The molecule has 1 amide bonds. The number of nitrogens with one attached hydrogen (secondary N) is 2. The molecular formula is C18H24N6O. The summed E-state index contributed by atoms with van der Waals surface area (Å²) in [5.41, 5.74) is 2.86. The van der Waals surface area contributed by atoms with Crippen LogP contribution in [-0.2, 0) is 18.4 Å². The molecule has 0 saturated heterocycles. The van der Waals surface area contributed by atoms with Gasteiger partial charge in [0, 0.05) is 24.8 Å². The van der Waals surface area contributed by atoms with Crippen LogP contribution in [0.1, 0.15) is 37.3 Å². The number of aromatic nitrogens is 4. The number of benzene rings is 1. The van der Waals surface area contributed by atoms with Gasteiger partial charge in [-0.25, -0.2) is 4.98 Å². The number of carbonyl (C=O) groups is 1. The molecule has 0 fully saturated rings. The Morgan fingerprint density at radius 2 is 2.04 bits per heavy atom. The van der Waals surface area contributed by atoms with Gasteiger partial charge in [-0.15, -0.1) is 0 Å². The van der Waals surface area contributed by atoms with E-state index >= 15 is 0 Å². The molecule has 1 aromatic carbocycles. The van der Waals surface area contributed by atoms with E-state index < -0.39 is 6.04 Å². The number of para-hydroxylation sites is 2. The van der Waals surface area contributed by atoms with Crippen molar-refractivity contribution >= 4 is 16.9 Å². The van der Waals surface area contributed by atoms with Gasteiger partial charge in [-0.05, 0) is 33.0 Å². The number of likely N-dealkylation sites (N-methyl/N-ethyl adjacent to an activating group) is 1. The monoisotopic (exact) mass is 340 g/mol. The van der Waals surface area contributed by atoms with E-state index in [1.165, 1.54) is 0 Å². The third kappa shape index (κ3) is 3.41. The maximum absolute atomic E-state index is 12.6. The van der Waals surface area contributed by atoms with Crippen molar-refractivity contribution in [1.29, 1.82) is 0 Å². The molecule has 0 saturated carbocycles. The molecule has 25 heavy (non-hydrogen) atoms. The van der Waals surface area contributed by atoms with Crippen LogP contribution in [0.25, 0.3) is 11.0 Å². The smallest absolute Gasteiger partial charge is 0.242 e. The van der Waals surface area contributed by atoms with E-state index in [9.17, 15) is 4.79 Å². The largest absolute Gasteiger partial charge is 0.347 e. The molecule has 0 bridgehead atoms. The Hall–Kier alpha value is -2.67. The van der Waals surface area contributed by atoms with E-state index in [-0.39, 0.29) is 11.9 Å². The average molecular weight is 340 g/mol. The van der Waals surface area contributed by atoms with Gasteiger partial charge in [0.2, 0.25) is 5.91 Å². The predicted molar refractivity (Wildman–Crippen MR) is 97.0 cm³/mol. The Balaban J connectivity index is 1.80. The number of aryl methyl sites for hydroxylation is 1. The summed E-state index contributed by atoms with van der Waals surface area (Å²) in [6, 6.07) is 7.85. The van der Waals surface area contributed by atoms with Gasteiger partial charge in [0.05, 0.1) is 23.8 Å². The van der Waals surface area contributed by atoms with Crippen molar-refractivity contribution in [3.8, 4) is 0 Å². The van der Waals surface area contributed by atoms with E-state index in [0.29, 0.717) is 6.54 Å². The summed E-state index contributed by atoms with van der Waals surface area (Å²) >= 11 is 0. The lowest BCUT2D eigenvalue weighted by Gasteiger charge is -2.16. The van der Waals surface area contributed by atoms with E-state index in [1.807, 2.05) is 31.4 Å². The van der Waals surface area contributed by atoms with Crippen molar-refractivity contribution in [2.45, 2.75) is 32.5 Å². The average Bonchev–Trinajstić information content (AvgIpc) is 3.17. The Morgan fingerprint density at radius 1 is 1.28 bits per heavy atom. The van der Waals surface area contributed by atoms with E-state index in [2.05, 4.69) is 45.2 Å². The zero-order valence-electron chi connectivity index (χ0n) is 15.0. The van der Waals surface area contributed by atoms with Gasteiger partial charge in [-0.3, -0.25) is 9.48 Å². The number of fused-ring (bicyclic) bond motifs is 1. The lowest BCUT2D eigenvalue weighted by atomic mass is 10.1. The van der Waals surface area contributed by atoms with E-state index in [1.54, 1.807) is 17.9 Å². The quantitative estimate of drug-likeness (QED) is 0.719. The van der Waals surface area contributed by atoms with Gasteiger partial charge in [-0.2, -0.15) is 5.10 Å². The minimum absolute atomic E-state index is 0.0992. The number of amides is 1. The molecule has 0 aliphatic heterocycles. The Morgan fingerprint density at radius 3 is 2.68 bits per heavy atom. The first-order chi connectivity index (χ1) is 12.0. The fourth-order valence-electron chi connectivity index (χ4n) is 3.10. The maximum Gasteiger partial charge on any atom is 0.242 e. The molecule has 7 nitrogen and oxygen atoms in total. The minimum Gasteiger partial charge on any atom is -0.347 e. The first kappa shape index (κ1) is 17.2. The highest BCUT2D eigenvalue weighted by Gasteiger charge is 2.21. The second-order valence-electron chi connectivity index (χ2n) is 6.37. The van der Waals surface area contributed by atoms with Gasteiger partial charge in [0.25, 0.3) is 0 Å². The molecule has 0 aliphatic carbocycles. The second kappa shape index (κ2) is 7.06. The molecule has 2 N–H and O–H groups in total. The number of nitrogens with zero attached hydrogens (tertiary/aromatic N) is 4. The zero-order valence-corrected chi connectivity index (χ0v) is 15.0. The normalized spacial score (nSPS) is 12.7. The van der Waals surface area contributed by atoms with Crippen LogP contribution < -0.4 is 10.6 Å². The highest BCUT2D eigenvalue weighted by Crippen LogP contribution is 2.21. The topological polar surface area (TPSA) is 76.8 Å². The Bertz CT molecular complexity index is 879. The molecule has 2 aromatic heterocycles. The number of imidazole rings is 1. The summed E-state index contributed by atoms with van der Waals surface area (Å²) in [7, 11) is 3.60. The third-order valence-electron chi connectivity index (χ3n) is 4.22. The summed E-state index contributed by atoms with van der Waals surface area (Å²) in [5.74, 6) is 0.753. The van der Waals surface area contributed by atoms with E-state index in [4.69, 9.17) is 0 Å². The number of hydrogen-bond donors (Lipinski definition) is 2. The second-order valence-corrected chi connectivity index (χ2v) is 6.37. The van der Waals surface area contributed by atoms with Crippen molar-refractivity contribution < 1.29 is 4.79 Å². The van der Waals surface area contributed by atoms with Crippen molar-refractivity contribution in [2.75, 3.05) is 7.05 Å². The highest BCUT2D eigenvalue weighted by molar-refractivity contribution is 5.83. The van der Waals surface area contributed by atoms with Gasteiger partial charge in [0.1, 0.15) is 11.9 Å². The Labute approximate surface area is 147 Å². The molecule has 1 atom stereocenters. The molecule has 7 heteroatoms. The highest BCUT2D eigenvalue weighted by atomic mass is 16.2. The number of hydrogen-bond acceptors (Lipinski definition) is 4. The molecule has 0 radical (unpaired) electrons. The van der Waals surface area contributed by atoms with Crippen LogP contribution in [-0.4, -0.2) is 32.3 Å². The summed E-state index contributed by atoms with van der Waals surface area (Å²) in [5, 5.41) is 10.2. The summed E-state index contributed by atoms with van der Waals surface area (Å²) in [6.07, 6.45) is 3.54. The maximum atomic E-state index is 12.6. The minimum atomic E-state index is -0.439. The zero-order chi connectivity index (χ0) is 18.0. The van der Waals surface area contributed by atoms with Gasteiger partial charge < -0.3 is 15.2 Å². The van der Waals surface area contributed by atoms with Crippen LogP contribution in [0.4, 0.5) is 0 Å². The number of rotatable bonds is 6. The van der Waals surface area contributed by atoms with Crippen molar-refractivity contribution in [2.24, 2.45) is 7.05 Å². The lowest BCUT2D eigenvalue weighted by Crippen LogP contribution is -2.36. The summed E-state index contributed by atoms with van der Waals surface area (Å²) < 4.78 is 3.85. The molecule has 1 unspecified atom stereocenters. The van der Waals surface area contributed by atoms with Crippen molar-refractivity contribution in [1.82, 2.24) is 30.0 Å². The van der Waals surface area contributed by atoms with Crippen molar-refractivity contribution in [3.05, 3.63) is 48.0 Å². The predicted octanol–water partition coefficient (Wildman–Crippen LogP) is 1.93. The van der Waals surface area contributed by atoms with Crippen LogP contribution in [0.2, 0.25) is 0 Å². The van der Waals surface area contributed by atoms with Crippen LogP contribution in [0.3, 0.4) is 0 Å². The first-order valence-corrected chi connectivity index (χ1v) is 8.40. The van der Waals surface area contributed by atoms with Gasteiger partial charge in [0.15, 0.2) is 0 Å². The summed E-state index contributed by atoms with van der Waals surface area (Å²) in [4.78, 5) is 17.3. The summed E-state index contributed by atoms with van der Waals surface area (Å²) in [6.45, 7) is 4.61. The van der Waals surface area contributed by atoms with Gasteiger partial charge in [-0.1, -0.05) is 12.1 Å². The van der Waals surface area contributed by atoms with Crippen LogP contribution in [0.5, 0.6) is 0 Å². The van der Waals surface area contributed by atoms with Crippen LogP contribution in [0, 0.1) is 0 Å². The van der Waals surface area contributed by atoms with Crippen LogP contribution in [0.15, 0.2) is 36.7 Å². The molecule has 0 spiro atoms. The van der Waals surface area contributed by atoms with Crippen LogP contribution >= 0.6 is 0 Å². The molecule has 3 rings (SSSR count). The molecule has 3 aromatic rings. The lowest BCUT2D eigenvalue weighted by molar-refractivity contribution is -0.123. The van der Waals surface area contributed by atoms with E-state index in [0.717, 1.165) is 22.4 Å². The molecule has 0 aliphatic rings. The molecule has 132 valence electrons. The number of carbonyl (C=O) groups excluding carboxylic acids is 1. The fraction of sp³-hybridized carbons (Fsp3) is 0.389. The Kier molecular flexibility index (Phi) is 4.85. The first-order valence-electron chi connectivity index (χ1n) is 8.40. The third-order valence-corrected chi connectivity index (χ3v) is 4.22. The van der Waals surface area contributed by atoms with Gasteiger partial charge >= 0.3 is 0 Å². The molecular weight excluding hydrogens is 316 g/mol. The SMILES string of the molecule is CNC(C(=O)NCc1nc2ccccc2n1C(C)C)c1cnn(C)c1.